The average molecular weight is 194 g/mol. The van der Waals surface area contributed by atoms with Gasteiger partial charge in [0.25, 0.3) is 0 Å². The molecule has 1 unspecified atom stereocenters. The third-order valence-corrected chi connectivity index (χ3v) is 3.09. The number of hydrogen-bond acceptors (Lipinski definition) is 2. The van der Waals surface area contributed by atoms with Crippen LogP contribution in [0.3, 0.4) is 0 Å². The van der Waals surface area contributed by atoms with Crippen molar-refractivity contribution in [2.75, 3.05) is 6.61 Å². The fourth-order valence-corrected chi connectivity index (χ4v) is 1.87. The molecule has 14 heavy (non-hydrogen) atoms. The Bertz CT molecular complexity index is 253. The van der Waals surface area contributed by atoms with Crippen LogP contribution >= 0.6 is 0 Å². The van der Waals surface area contributed by atoms with E-state index >= 15 is 0 Å². The van der Waals surface area contributed by atoms with E-state index in [9.17, 15) is 4.79 Å². The zero-order valence-electron chi connectivity index (χ0n) is 8.79. The van der Waals surface area contributed by atoms with Crippen molar-refractivity contribution in [3.63, 3.8) is 0 Å². The van der Waals surface area contributed by atoms with Gasteiger partial charge in [0, 0.05) is 5.41 Å². The molecule has 2 aliphatic carbocycles. The number of esters is 1. The van der Waals surface area contributed by atoms with Gasteiger partial charge >= 0.3 is 5.97 Å². The maximum absolute atomic E-state index is 11.3. The second kappa shape index (κ2) is 3.76. The topological polar surface area (TPSA) is 26.3 Å². The van der Waals surface area contributed by atoms with E-state index in [2.05, 4.69) is 19.1 Å². The lowest BCUT2D eigenvalue weighted by Crippen LogP contribution is -2.25. The van der Waals surface area contributed by atoms with Crippen molar-refractivity contribution in [2.45, 2.75) is 39.0 Å². The van der Waals surface area contributed by atoms with Crippen LogP contribution in [0.25, 0.3) is 0 Å². The Balaban J connectivity index is 1.80. The predicted octanol–water partition coefficient (Wildman–Crippen LogP) is 2.69. The number of hydrogen-bond donors (Lipinski definition) is 0. The molecule has 0 spiro atoms. The number of allylic oxidation sites excluding steroid dienone is 1. The molecule has 1 fully saturated rings. The second-order valence-corrected chi connectivity index (χ2v) is 4.83. The molecule has 2 aliphatic rings. The van der Waals surface area contributed by atoms with Gasteiger partial charge in [-0.05, 0) is 32.1 Å². The molecule has 0 saturated heterocycles. The Morgan fingerprint density at radius 2 is 2.36 bits per heavy atom. The Morgan fingerprint density at radius 1 is 1.57 bits per heavy atom. The summed E-state index contributed by atoms with van der Waals surface area (Å²) in [7, 11) is 0. The minimum absolute atomic E-state index is 0.0187. The molecule has 0 N–H and O–H groups in total. The van der Waals surface area contributed by atoms with E-state index in [1.807, 2.05) is 0 Å². The van der Waals surface area contributed by atoms with Gasteiger partial charge in [0.2, 0.25) is 0 Å². The van der Waals surface area contributed by atoms with Gasteiger partial charge in [-0.2, -0.15) is 0 Å². The largest absolute Gasteiger partial charge is 0.465 e. The predicted molar refractivity (Wildman–Crippen MR) is 54.8 cm³/mol. The molecule has 0 aromatic carbocycles. The SMILES string of the molecule is CC1(COC(=O)C2CC2)C=CCCC1. The first-order valence-corrected chi connectivity index (χ1v) is 5.54. The first-order chi connectivity index (χ1) is 6.70. The van der Waals surface area contributed by atoms with Crippen molar-refractivity contribution < 1.29 is 9.53 Å². The maximum atomic E-state index is 11.3. The molecule has 0 aromatic heterocycles. The Labute approximate surface area is 85.3 Å². The van der Waals surface area contributed by atoms with Crippen LogP contribution in [0.4, 0.5) is 0 Å². The zero-order chi connectivity index (χ0) is 10.0. The van der Waals surface area contributed by atoms with Crippen molar-refractivity contribution in [1.29, 1.82) is 0 Å². The van der Waals surface area contributed by atoms with E-state index in [1.54, 1.807) is 0 Å². The summed E-state index contributed by atoms with van der Waals surface area (Å²) in [6.07, 6.45) is 10.0. The van der Waals surface area contributed by atoms with Gasteiger partial charge in [0.1, 0.15) is 6.61 Å². The molecular weight excluding hydrogens is 176 g/mol. The van der Waals surface area contributed by atoms with Crippen LogP contribution in [-0.4, -0.2) is 12.6 Å². The third-order valence-electron chi connectivity index (χ3n) is 3.09. The molecule has 1 atom stereocenters. The summed E-state index contributed by atoms with van der Waals surface area (Å²) in [6.45, 7) is 2.74. The van der Waals surface area contributed by atoms with Crippen molar-refractivity contribution in [1.82, 2.24) is 0 Å². The molecule has 0 heterocycles. The standard InChI is InChI=1S/C12H18O2/c1-12(7-3-2-4-8-12)9-14-11(13)10-5-6-10/h3,7,10H,2,4-6,8-9H2,1H3. The van der Waals surface area contributed by atoms with Gasteiger partial charge in [-0.15, -0.1) is 0 Å². The quantitative estimate of drug-likeness (QED) is 0.510. The van der Waals surface area contributed by atoms with Crippen molar-refractivity contribution in [3.8, 4) is 0 Å². The molecule has 0 radical (unpaired) electrons. The van der Waals surface area contributed by atoms with Crippen LogP contribution in [0.1, 0.15) is 39.0 Å². The monoisotopic (exact) mass is 194 g/mol. The van der Waals surface area contributed by atoms with E-state index in [0.29, 0.717) is 6.61 Å². The highest BCUT2D eigenvalue weighted by Crippen LogP contribution is 2.33. The van der Waals surface area contributed by atoms with Gasteiger partial charge in [0.05, 0.1) is 5.92 Å². The van der Waals surface area contributed by atoms with E-state index < -0.39 is 0 Å². The molecule has 0 amide bonds. The molecule has 2 heteroatoms. The smallest absolute Gasteiger partial charge is 0.308 e. The Kier molecular flexibility index (Phi) is 2.62. The minimum atomic E-state index is 0.0187. The van der Waals surface area contributed by atoms with Crippen LogP contribution < -0.4 is 0 Å². The lowest BCUT2D eigenvalue weighted by atomic mass is 9.82. The zero-order valence-corrected chi connectivity index (χ0v) is 8.79. The highest BCUT2D eigenvalue weighted by Gasteiger charge is 2.33. The first kappa shape index (κ1) is 9.75. The lowest BCUT2D eigenvalue weighted by Gasteiger charge is -2.28. The minimum Gasteiger partial charge on any atom is -0.465 e. The molecule has 2 rings (SSSR count). The van der Waals surface area contributed by atoms with Gasteiger partial charge in [-0.25, -0.2) is 0 Å². The molecular formula is C12H18O2. The summed E-state index contributed by atoms with van der Waals surface area (Å²) in [4.78, 5) is 11.3. The fraction of sp³-hybridized carbons (Fsp3) is 0.750. The lowest BCUT2D eigenvalue weighted by molar-refractivity contribution is -0.147. The van der Waals surface area contributed by atoms with Crippen molar-refractivity contribution in [3.05, 3.63) is 12.2 Å². The van der Waals surface area contributed by atoms with Crippen LogP contribution in [-0.2, 0) is 9.53 Å². The van der Waals surface area contributed by atoms with Gasteiger partial charge in [-0.1, -0.05) is 19.1 Å². The van der Waals surface area contributed by atoms with Gasteiger partial charge in [0.15, 0.2) is 0 Å². The molecule has 2 nitrogen and oxygen atoms in total. The summed E-state index contributed by atoms with van der Waals surface area (Å²) in [5.74, 6) is 0.247. The van der Waals surface area contributed by atoms with E-state index in [0.717, 1.165) is 19.3 Å². The van der Waals surface area contributed by atoms with Crippen molar-refractivity contribution >= 4 is 5.97 Å². The molecule has 0 aromatic rings. The Morgan fingerprint density at radius 3 is 2.93 bits per heavy atom. The highest BCUT2D eigenvalue weighted by atomic mass is 16.5. The van der Waals surface area contributed by atoms with Crippen LogP contribution in [0.15, 0.2) is 12.2 Å². The summed E-state index contributed by atoms with van der Waals surface area (Å²) < 4.78 is 5.32. The summed E-state index contributed by atoms with van der Waals surface area (Å²) in [5.41, 5.74) is 0.100. The van der Waals surface area contributed by atoms with Crippen LogP contribution in [0.2, 0.25) is 0 Å². The molecule has 78 valence electrons. The number of rotatable bonds is 3. The number of carbonyl (C=O) groups is 1. The molecule has 1 saturated carbocycles. The van der Waals surface area contributed by atoms with Crippen molar-refractivity contribution in [2.24, 2.45) is 11.3 Å². The molecule has 0 aliphatic heterocycles. The normalized spacial score (nSPS) is 31.5. The Hall–Kier alpha value is -0.790. The van der Waals surface area contributed by atoms with Crippen LogP contribution in [0.5, 0.6) is 0 Å². The first-order valence-electron chi connectivity index (χ1n) is 5.54. The summed E-state index contributed by atoms with van der Waals surface area (Å²) in [5, 5.41) is 0. The number of ether oxygens (including phenoxy) is 1. The van der Waals surface area contributed by atoms with Gasteiger partial charge < -0.3 is 4.74 Å². The number of carbonyl (C=O) groups excluding carboxylic acids is 1. The highest BCUT2D eigenvalue weighted by molar-refractivity contribution is 5.74. The van der Waals surface area contributed by atoms with Crippen LogP contribution in [0, 0.1) is 11.3 Å². The average Bonchev–Trinajstić information content (AvgIpc) is 2.99. The van der Waals surface area contributed by atoms with E-state index in [1.165, 1.54) is 12.8 Å². The summed E-state index contributed by atoms with van der Waals surface area (Å²) in [6, 6.07) is 0. The second-order valence-electron chi connectivity index (χ2n) is 4.83. The van der Waals surface area contributed by atoms with E-state index in [4.69, 9.17) is 4.74 Å². The van der Waals surface area contributed by atoms with Gasteiger partial charge in [-0.3, -0.25) is 4.79 Å². The maximum Gasteiger partial charge on any atom is 0.308 e. The summed E-state index contributed by atoms with van der Waals surface area (Å²) >= 11 is 0. The molecule has 0 bridgehead atoms. The van der Waals surface area contributed by atoms with E-state index in [-0.39, 0.29) is 17.3 Å². The third kappa shape index (κ3) is 2.37. The fourth-order valence-electron chi connectivity index (χ4n) is 1.87.